The van der Waals surface area contributed by atoms with Gasteiger partial charge in [-0.1, -0.05) is 44.2 Å². The van der Waals surface area contributed by atoms with E-state index in [-0.39, 0.29) is 11.3 Å². The molecule has 2 aromatic carbocycles. The molecule has 1 heterocycles. The number of hydrogen-bond acceptors (Lipinski definition) is 4. The summed E-state index contributed by atoms with van der Waals surface area (Å²) < 4.78 is 5.50. The monoisotopic (exact) mass is 417 g/mol. The summed E-state index contributed by atoms with van der Waals surface area (Å²) >= 11 is 0. The van der Waals surface area contributed by atoms with Crippen LogP contribution >= 0.6 is 0 Å². The third-order valence-corrected chi connectivity index (χ3v) is 5.93. The fourth-order valence-electron chi connectivity index (χ4n) is 3.96. The quantitative estimate of drug-likeness (QED) is 0.228. The molecule has 0 unspecified atom stereocenters. The number of carbonyl (C=O) groups excluding carboxylic acids is 1. The van der Waals surface area contributed by atoms with Crippen LogP contribution in [0.25, 0.3) is 17.0 Å². The van der Waals surface area contributed by atoms with Crippen LogP contribution in [0.3, 0.4) is 0 Å². The van der Waals surface area contributed by atoms with E-state index in [9.17, 15) is 9.59 Å². The fourth-order valence-corrected chi connectivity index (χ4v) is 3.96. The smallest absolute Gasteiger partial charge is 0.347 e. The van der Waals surface area contributed by atoms with Crippen molar-refractivity contribution in [2.45, 2.75) is 46.5 Å². The Labute approximate surface area is 184 Å². The molecule has 0 aliphatic rings. The number of benzene rings is 2. The Balaban J connectivity index is 1.82. The van der Waals surface area contributed by atoms with Crippen LogP contribution in [0.4, 0.5) is 5.69 Å². The molecule has 4 heteroatoms. The molecule has 3 aromatic rings. The van der Waals surface area contributed by atoms with Crippen LogP contribution in [0.15, 0.2) is 63.8 Å². The molecule has 3 rings (SSSR count). The van der Waals surface area contributed by atoms with Crippen molar-refractivity contribution >= 4 is 28.5 Å². The summed E-state index contributed by atoms with van der Waals surface area (Å²) in [5.74, 6) is 0.0830. The molecule has 0 radical (unpaired) electrons. The van der Waals surface area contributed by atoms with Gasteiger partial charge in [0.2, 0.25) is 0 Å². The largest absolute Gasteiger partial charge is 0.422 e. The highest BCUT2D eigenvalue weighted by Gasteiger charge is 2.13. The molecular formula is C27H31NO3. The van der Waals surface area contributed by atoms with E-state index in [1.807, 2.05) is 36.4 Å². The number of hydrogen-bond donors (Lipinski definition) is 0. The predicted molar refractivity (Wildman–Crippen MR) is 129 cm³/mol. The van der Waals surface area contributed by atoms with E-state index in [4.69, 9.17) is 4.42 Å². The Kier molecular flexibility index (Phi) is 7.45. The first-order valence-corrected chi connectivity index (χ1v) is 11.2. The summed E-state index contributed by atoms with van der Waals surface area (Å²) in [4.78, 5) is 27.4. The molecule has 4 nitrogen and oxygen atoms in total. The normalized spacial score (nSPS) is 11.5. The fraction of sp³-hybridized carbons (Fsp3) is 0.333. The summed E-state index contributed by atoms with van der Waals surface area (Å²) in [7, 11) is 0. The minimum absolute atomic E-state index is 0.0544. The lowest BCUT2D eigenvalue weighted by molar-refractivity contribution is 0.104. The van der Waals surface area contributed by atoms with E-state index in [0.29, 0.717) is 11.5 Å². The van der Waals surface area contributed by atoms with Crippen molar-refractivity contribution in [2.24, 2.45) is 0 Å². The summed E-state index contributed by atoms with van der Waals surface area (Å²) in [6, 6.07) is 15.6. The first-order valence-electron chi connectivity index (χ1n) is 11.2. The Morgan fingerprint density at radius 3 is 2.26 bits per heavy atom. The zero-order chi connectivity index (χ0) is 22.4. The predicted octanol–water partition coefficient (Wildman–Crippen LogP) is 6.44. The van der Waals surface area contributed by atoms with E-state index in [0.717, 1.165) is 48.1 Å². The molecule has 0 atom stereocenters. The van der Waals surface area contributed by atoms with Crippen LogP contribution in [0, 0.1) is 0 Å². The number of fused-ring (bicyclic) bond motifs is 1. The highest BCUT2D eigenvalue weighted by molar-refractivity contribution is 6.07. The van der Waals surface area contributed by atoms with Crippen molar-refractivity contribution in [1.82, 2.24) is 0 Å². The topological polar surface area (TPSA) is 50.5 Å². The molecule has 0 aliphatic carbocycles. The minimum atomic E-state index is -0.597. The zero-order valence-corrected chi connectivity index (χ0v) is 18.9. The van der Waals surface area contributed by atoms with Gasteiger partial charge in [-0.15, -0.1) is 0 Å². The molecule has 1 aromatic heterocycles. The van der Waals surface area contributed by atoms with Crippen molar-refractivity contribution in [3.8, 4) is 0 Å². The number of ketones is 1. The first-order chi connectivity index (χ1) is 15.0. The molecule has 0 aliphatic heterocycles. The van der Waals surface area contributed by atoms with Crippen molar-refractivity contribution < 1.29 is 9.21 Å². The summed E-state index contributed by atoms with van der Waals surface area (Å²) in [6.07, 6.45) is 5.23. The first kappa shape index (κ1) is 22.5. The summed E-state index contributed by atoms with van der Waals surface area (Å²) in [5.41, 5.74) is 3.20. The lowest BCUT2D eigenvalue weighted by atomic mass is 9.93. The second-order valence-electron chi connectivity index (χ2n) is 7.72. The molecular weight excluding hydrogens is 386 g/mol. The van der Waals surface area contributed by atoms with Crippen LogP contribution in [0.2, 0.25) is 0 Å². The van der Waals surface area contributed by atoms with E-state index < -0.39 is 5.63 Å². The van der Waals surface area contributed by atoms with E-state index >= 15 is 0 Å². The standard InChI is InChI=1S/C27H31NO3/c1-5-20(6-2)21-12-13-22-17-24(27(30)31-26(22)18-21)25(29)16-11-19-9-14-23(15-10-19)28(7-3)8-4/h9-18,20H,5-8H2,1-4H3. The Hall–Kier alpha value is -3.14. The molecule has 0 saturated heterocycles. The number of rotatable bonds is 9. The molecule has 0 spiro atoms. The summed E-state index contributed by atoms with van der Waals surface area (Å²) in [6.45, 7) is 10.4. The van der Waals surface area contributed by atoms with Gasteiger partial charge in [0, 0.05) is 24.2 Å². The average Bonchev–Trinajstić information content (AvgIpc) is 2.79. The van der Waals surface area contributed by atoms with Gasteiger partial charge in [0.25, 0.3) is 0 Å². The Morgan fingerprint density at radius 1 is 0.968 bits per heavy atom. The van der Waals surface area contributed by atoms with Crippen LogP contribution in [0.5, 0.6) is 0 Å². The minimum Gasteiger partial charge on any atom is -0.422 e. The number of anilines is 1. The molecule has 31 heavy (non-hydrogen) atoms. The van der Waals surface area contributed by atoms with Crippen LogP contribution < -0.4 is 10.5 Å². The Morgan fingerprint density at radius 2 is 1.65 bits per heavy atom. The van der Waals surface area contributed by atoms with Gasteiger partial charge in [0.15, 0.2) is 5.78 Å². The van der Waals surface area contributed by atoms with Crippen molar-refractivity contribution in [3.63, 3.8) is 0 Å². The molecule has 0 amide bonds. The van der Waals surface area contributed by atoms with Gasteiger partial charge in [-0.3, -0.25) is 4.79 Å². The number of carbonyl (C=O) groups is 1. The highest BCUT2D eigenvalue weighted by Crippen LogP contribution is 2.26. The third kappa shape index (κ3) is 5.13. The maximum atomic E-state index is 12.7. The maximum absolute atomic E-state index is 12.7. The number of allylic oxidation sites excluding steroid dienone is 1. The van der Waals surface area contributed by atoms with Gasteiger partial charge >= 0.3 is 5.63 Å². The van der Waals surface area contributed by atoms with Crippen molar-refractivity contribution in [2.75, 3.05) is 18.0 Å². The van der Waals surface area contributed by atoms with Crippen molar-refractivity contribution in [3.05, 3.63) is 81.7 Å². The zero-order valence-electron chi connectivity index (χ0n) is 18.9. The highest BCUT2D eigenvalue weighted by atomic mass is 16.4. The van der Waals surface area contributed by atoms with E-state index in [1.165, 1.54) is 6.08 Å². The number of nitrogens with zero attached hydrogens (tertiary/aromatic N) is 1. The lowest BCUT2D eigenvalue weighted by Gasteiger charge is -2.20. The molecule has 0 fully saturated rings. The van der Waals surface area contributed by atoms with E-state index in [2.05, 4.69) is 38.7 Å². The SMILES string of the molecule is CCC(CC)c1ccc2cc(C(=O)C=Cc3ccc(N(CC)CC)cc3)c(=O)oc2c1. The van der Waals surface area contributed by atoms with Gasteiger partial charge < -0.3 is 9.32 Å². The summed E-state index contributed by atoms with van der Waals surface area (Å²) in [5, 5.41) is 0.759. The average molecular weight is 418 g/mol. The van der Waals surface area contributed by atoms with Crippen LogP contribution in [-0.4, -0.2) is 18.9 Å². The maximum Gasteiger partial charge on any atom is 0.347 e. The van der Waals surface area contributed by atoms with Crippen LogP contribution in [0.1, 0.15) is 67.9 Å². The van der Waals surface area contributed by atoms with Gasteiger partial charge in [0.1, 0.15) is 11.1 Å². The van der Waals surface area contributed by atoms with Crippen LogP contribution in [-0.2, 0) is 0 Å². The van der Waals surface area contributed by atoms with Gasteiger partial charge in [-0.2, -0.15) is 0 Å². The van der Waals surface area contributed by atoms with Gasteiger partial charge in [0.05, 0.1) is 0 Å². The van der Waals surface area contributed by atoms with Gasteiger partial charge in [-0.25, -0.2) is 4.79 Å². The lowest BCUT2D eigenvalue weighted by Crippen LogP contribution is -2.21. The second-order valence-corrected chi connectivity index (χ2v) is 7.72. The molecule has 162 valence electrons. The molecule has 0 N–H and O–H groups in total. The molecule has 0 bridgehead atoms. The van der Waals surface area contributed by atoms with Crippen molar-refractivity contribution in [1.29, 1.82) is 0 Å². The van der Waals surface area contributed by atoms with Gasteiger partial charge in [-0.05, 0) is 74.1 Å². The van der Waals surface area contributed by atoms with E-state index in [1.54, 1.807) is 12.1 Å². The molecule has 0 saturated carbocycles. The second kappa shape index (κ2) is 10.3. The third-order valence-electron chi connectivity index (χ3n) is 5.93. The Bertz CT molecular complexity index is 1120.